The lowest BCUT2D eigenvalue weighted by Gasteiger charge is -2.18. The summed E-state index contributed by atoms with van der Waals surface area (Å²) >= 11 is 12.1. The molecule has 2 unspecified atom stereocenters. The average Bonchev–Trinajstić information content (AvgIpc) is 3.14. The molecule has 33 heavy (non-hydrogen) atoms. The van der Waals surface area contributed by atoms with Crippen LogP contribution in [0, 0.1) is 11.6 Å². The lowest BCUT2D eigenvalue weighted by Crippen LogP contribution is -2.25. The number of likely N-dealkylation sites (N-methyl/N-ethyl adjacent to an activating group) is 1. The normalized spacial score (nSPS) is 12.9. The average molecular weight is 502 g/mol. The lowest BCUT2D eigenvalue weighted by atomic mass is 10.1. The van der Waals surface area contributed by atoms with Crippen molar-refractivity contribution in [2.24, 2.45) is 5.73 Å². The summed E-state index contributed by atoms with van der Waals surface area (Å²) in [4.78, 5) is 16.1. The molecule has 0 bridgehead atoms. The van der Waals surface area contributed by atoms with Crippen LogP contribution in [0.4, 0.5) is 8.78 Å². The number of aliphatic hydroxyl groups excluding tert-OH is 1. The number of ether oxygens (including phenoxy) is 2. The van der Waals surface area contributed by atoms with Gasteiger partial charge in [-0.05, 0) is 42.9 Å². The Morgan fingerprint density at radius 2 is 1.94 bits per heavy atom. The van der Waals surface area contributed by atoms with E-state index < -0.39 is 47.9 Å². The molecule has 2 aromatic carbocycles. The number of carbonyl (C=O) groups is 1. The monoisotopic (exact) mass is 501 g/mol. The predicted octanol–water partition coefficient (Wildman–Crippen LogP) is 3.76. The Hall–Kier alpha value is -2.76. The van der Waals surface area contributed by atoms with Gasteiger partial charge >= 0.3 is 5.97 Å². The summed E-state index contributed by atoms with van der Waals surface area (Å²) in [5.74, 6) is -3.53. The van der Waals surface area contributed by atoms with Crippen LogP contribution in [0.5, 0.6) is 5.75 Å². The molecule has 176 valence electrons. The van der Waals surface area contributed by atoms with Crippen LogP contribution in [-0.4, -0.2) is 36.3 Å². The molecule has 0 saturated heterocycles. The fraction of sp³-hybridized carbons (Fsp3) is 0.238. The van der Waals surface area contributed by atoms with E-state index in [0.717, 1.165) is 12.1 Å². The molecule has 0 radical (unpaired) electrons. The Balaban J connectivity index is 1.96. The van der Waals surface area contributed by atoms with Crippen molar-refractivity contribution in [3.63, 3.8) is 0 Å². The largest absolute Gasteiger partial charge is 0.474 e. The highest BCUT2D eigenvalue weighted by Crippen LogP contribution is 2.34. The third kappa shape index (κ3) is 5.98. The van der Waals surface area contributed by atoms with Crippen molar-refractivity contribution < 1.29 is 32.6 Å². The van der Waals surface area contributed by atoms with Gasteiger partial charge in [0.05, 0.1) is 12.1 Å². The van der Waals surface area contributed by atoms with E-state index in [1.807, 2.05) is 0 Å². The van der Waals surface area contributed by atoms with Gasteiger partial charge in [-0.2, -0.15) is 0 Å². The van der Waals surface area contributed by atoms with Gasteiger partial charge in [-0.25, -0.2) is 13.8 Å². The van der Waals surface area contributed by atoms with Gasteiger partial charge in [-0.3, -0.25) is 4.79 Å². The SMILES string of the molecule is CNCC(=O)OCC(Oc1ccc(F)c(C(N)O)c1F)c1nc(-c2ccc(Cl)cc2)c(Cl)o1. The number of aromatic nitrogens is 1. The molecule has 3 rings (SSSR count). The standard InChI is InChI=1S/C21H19Cl2F2N3O5/c1-27-8-15(29)31-9-14(32-13-7-6-12(24)16(17(13)25)20(26)30)21-28-18(19(23)33-21)10-2-4-11(22)5-3-10/h2-7,14,20,27,30H,8-9,26H2,1H3. The highest BCUT2D eigenvalue weighted by Gasteiger charge is 2.28. The van der Waals surface area contributed by atoms with Crippen molar-refractivity contribution in [2.75, 3.05) is 20.2 Å². The van der Waals surface area contributed by atoms with Crippen molar-refractivity contribution in [3.8, 4) is 17.0 Å². The molecule has 0 saturated carbocycles. The minimum absolute atomic E-state index is 0.0937. The summed E-state index contributed by atoms with van der Waals surface area (Å²) in [7, 11) is 1.55. The molecule has 8 nitrogen and oxygen atoms in total. The first-order chi connectivity index (χ1) is 15.7. The van der Waals surface area contributed by atoms with Crippen LogP contribution >= 0.6 is 23.2 Å². The van der Waals surface area contributed by atoms with Gasteiger partial charge in [-0.1, -0.05) is 23.7 Å². The zero-order valence-corrected chi connectivity index (χ0v) is 18.7. The number of hydrogen-bond donors (Lipinski definition) is 3. The van der Waals surface area contributed by atoms with Crippen molar-refractivity contribution in [1.82, 2.24) is 10.3 Å². The number of nitrogens with two attached hydrogens (primary N) is 1. The minimum atomic E-state index is -1.92. The van der Waals surface area contributed by atoms with E-state index >= 15 is 0 Å². The number of aliphatic hydroxyl groups is 1. The highest BCUT2D eigenvalue weighted by molar-refractivity contribution is 6.31. The number of esters is 1. The second-order valence-electron chi connectivity index (χ2n) is 6.72. The summed E-state index contributed by atoms with van der Waals surface area (Å²) in [6, 6.07) is 8.44. The Labute approximate surface area is 197 Å². The quantitative estimate of drug-likeness (QED) is 0.299. The summed E-state index contributed by atoms with van der Waals surface area (Å²) < 4.78 is 44.8. The molecule has 2 atom stereocenters. The fourth-order valence-electron chi connectivity index (χ4n) is 2.83. The molecule has 4 N–H and O–H groups in total. The van der Waals surface area contributed by atoms with E-state index in [2.05, 4.69) is 10.3 Å². The molecule has 0 fully saturated rings. The molecular weight excluding hydrogens is 483 g/mol. The number of hydrogen-bond acceptors (Lipinski definition) is 8. The maximum absolute atomic E-state index is 14.8. The van der Waals surface area contributed by atoms with E-state index in [1.165, 1.54) is 0 Å². The Morgan fingerprint density at radius 1 is 1.24 bits per heavy atom. The third-order valence-electron chi connectivity index (χ3n) is 4.37. The van der Waals surface area contributed by atoms with Crippen molar-refractivity contribution in [1.29, 1.82) is 0 Å². The summed E-state index contributed by atoms with van der Waals surface area (Å²) in [6.45, 7) is -0.530. The van der Waals surface area contributed by atoms with Crippen molar-refractivity contribution in [2.45, 2.75) is 12.3 Å². The highest BCUT2D eigenvalue weighted by atomic mass is 35.5. The van der Waals surface area contributed by atoms with Gasteiger partial charge in [0.15, 0.2) is 11.6 Å². The summed E-state index contributed by atoms with van der Waals surface area (Å²) in [5, 5.41) is 12.5. The zero-order valence-electron chi connectivity index (χ0n) is 17.1. The molecule has 12 heteroatoms. The van der Waals surface area contributed by atoms with Crippen LogP contribution in [0.1, 0.15) is 23.8 Å². The second-order valence-corrected chi connectivity index (χ2v) is 7.50. The van der Waals surface area contributed by atoms with Gasteiger partial charge < -0.3 is 30.0 Å². The van der Waals surface area contributed by atoms with Crippen LogP contribution in [0.25, 0.3) is 11.3 Å². The van der Waals surface area contributed by atoms with E-state index in [1.54, 1.807) is 31.3 Å². The molecule has 1 heterocycles. The first-order valence-electron chi connectivity index (χ1n) is 9.51. The Morgan fingerprint density at radius 3 is 2.58 bits per heavy atom. The topological polar surface area (TPSA) is 120 Å². The van der Waals surface area contributed by atoms with Crippen LogP contribution < -0.4 is 15.8 Å². The first-order valence-corrected chi connectivity index (χ1v) is 10.3. The van der Waals surface area contributed by atoms with E-state index in [9.17, 15) is 18.7 Å². The smallest absolute Gasteiger partial charge is 0.320 e. The molecular formula is C21H19Cl2F2N3O5. The van der Waals surface area contributed by atoms with Gasteiger partial charge in [-0.15, -0.1) is 0 Å². The predicted molar refractivity (Wildman–Crippen MR) is 116 cm³/mol. The molecule has 3 aromatic rings. The van der Waals surface area contributed by atoms with E-state index in [-0.39, 0.29) is 23.3 Å². The number of benzene rings is 2. The van der Waals surface area contributed by atoms with E-state index in [0.29, 0.717) is 10.6 Å². The maximum atomic E-state index is 14.8. The van der Waals surface area contributed by atoms with Crippen LogP contribution in [-0.2, 0) is 9.53 Å². The van der Waals surface area contributed by atoms with Crippen LogP contribution in [0.3, 0.4) is 0 Å². The molecule has 0 aliphatic carbocycles. The van der Waals surface area contributed by atoms with Gasteiger partial charge in [0.1, 0.15) is 24.3 Å². The summed E-state index contributed by atoms with van der Waals surface area (Å²) in [5.41, 5.74) is 5.28. The van der Waals surface area contributed by atoms with Gasteiger partial charge in [0, 0.05) is 10.6 Å². The zero-order chi connectivity index (χ0) is 24.1. The van der Waals surface area contributed by atoms with Crippen LogP contribution in [0.15, 0.2) is 40.8 Å². The fourth-order valence-corrected chi connectivity index (χ4v) is 3.18. The lowest BCUT2D eigenvalue weighted by molar-refractivity contribution is -0.145. The Bertz CT molecular complexity index is 1130. The number of carbonyl (C=O) groups excluding carboxylic acids is 1. The Kier molecular flexibility index (Phi) is 8.22. The number of rotatable bonds is 9. The minimum Gasteiger partial charge on any atom is -0.474 e. The number of oxazole rings is 1. The molecule has 0 aliphatic heterocycles. The van der Waals surface area contributed by atoms with Crippen LogP contribution in [0.2, 0.25) is 10.2 Å². The number of nitrogens with one attached hydrogen (secondary N) is 1. The van der Waals surface area contributed by atoms with Gasteiger partial charge in [0.2, 0.25) is 17.2 Å². The van der Waals surface area contributed by atoms with Crippen molar-refractivity contribution >= 4 is 29.2 Å². The number of nitrogens with zero attached hydrogens (tertiary/aromatic N) is 1. The second kappa shape index (κ2) is 10.9. The molecule has 1 aromatic heterocycles. The van der Waals surface area contributed by atoms with Crippen molar-refractivity contribution in [3.05, 3.63) is 69.7 Å². The summed E-state index contributed by atoms with van der Waals surface area (Å²) in [6.07, 6.45) is -3.19. The first kappa shape index (κ1) is 24.9. The van der Waals surface area contributed by atoms with E-state index in [4.69, 9.17) is 42.8 Å². The molecule has 0 aliphatic rings. The van der Waals surface area contributed by atoms with Gasteiger partial charge in [0.25, 0.3) is 0 Å². The maximum Gasteiger partial charge on any atom is 0.320 e. The third-order valence-corrected chi connectivity index (χ3v) is 4.88. The number of halogens is 4. The molecule has 0 amide bonds. The molecule has 0 spiro atoms.